The van der Waals surface area contributed by atoms with Crippen LogP contribution >= 0.6 is 11.3 Å². The average Bonchev–Trinajstić information content (AvgIpc) is 2.79. The zero-order valence-electron chi connectivity index (χ0n) is 10.2. The molecule has 0 amide bonds. The number of hydrogen-bond acceptors (Lipinski definition) is 6. The zero-order chi connectivity index (χ0) is 12.5. The summed E-state index contributed by atoms with van der Waals surface area (Å²) in [5.74, 6) is -0.208. The third-order valence-electron chi connectivity index (χ3n) is 2.11. The number of ether oxygens (including phenoxy) is 2. The van der Waals surface area contributed by atoms with Gasteiger partial charge in [0.2, 0.25) is 0 Å². The molecule has 6 heteroatoms. The Labute approximate surface area is 105 Å². The normalized spacial score (nSPS) is 10.8. The van der Waals surface area contributed by atoms with Crippen molar-refractivity contribution in [1.82, 2.24) is 9.88 Å². The van der Waals surface area contributed by atoms with Crippen molar-refractivity contribution in [3.05, 3.63) is 16.6 Å². The SMILES string of the molecule is CCOC(=O)CN(CCOC)Cc1nccs1. The minimum atomic E-state index is -0.208. The lowest BCUT2D eigenvalue weighted by molar-refractivity contribution is -0.144. The summed E-state index contributed by atoms with van der Waals surface area (Å²) in [6, 6.07) is 0. The standard InChI is InChI=1S/C11H18N2O3S/c1-3-16-11(14)9-13(5-6-15-2)8-10-12-4-7-17-10/h4,7H,3,5-6,8-9H2,1-2H3. The van der Waals surface area contributed by atoms with E-state index in [4.69, 9.17) is 9.47 Å². The van der Waals surface area contributed by atoms with Crippen molar-refractivity contribution in [1.29, 1.82) is 0 Å². The fourth-order valence-electron chi connectivity index (χ4n) is 1.35. The number of carbonyl (C=O) groups excluding carboxylic acids is 1. The summed E-state index contributed by atoms with van der Waals surface area (Å²) in [4.78, 5) is 17.6. The van der Waals surface area contributed by atoms with Gasteiger partial charge in [0.05, 0.1) is 26.3 Å². The summed E-state index contributed by atoms with van der Waals surface area (Å²) in [5.41, 5.74) is 0. The third-order valence-corrected chi connectivity index (χ3v) is 2.88. The summed E-state index contributed by atoms with van der Waals surface area (Å²) in [6.45, 7) is 4.42. The van der Waals surface area contributed by atoms with Crippen LogP contribution in [0.4, 0.5) is 0 Å². The van der Waals surface area contributed by atoms with Gasteiger partial charge in [-0.1, -0.05) is 0 Å². The highest BCUT2D eigenvalue weighted by atomic mass is 32.1. The van der Waals surface area contributed by atoms with E-state index in [9.17, 15) is 4.79 Å². The molecule has 0 atom stereocenters. The molecule has 0 unspecified atom stereocenters. The van der Waals surface area contributed by atoms with Crippen molar-refractivity contribution in [2.24, 2.45) is 0 Å². The number of esters is 1. The molecule has 1 aromatic heterocycles. The lowest BCUT2D eigenvalue weighted by Crippen LogP contribution is -2.33. The van der Waals surface area contributed by atoms with Crippen LogP contribution in [-0.2, 0) is 20.8 Å². The first kappa shape index (κ1) is 14.1. The average molecular weight is 258 g/mol. The molecule has 17 heavy (non-hydrogen) atoms. The minimum absolute atomic E-state index is 0.208. The van der Waals surface area contributed by atoms with E-state index in [-0.39, 0.29) is 12.5 Å². The Hall–Kier alpha value is -0.980. The van der Waals surface area contributed by atoms with Crippen LogP contribution in [0.2, 0.25) is 0 Å². The van der Waals surface area contributed by atoms with E-state index in [1.54, 1.807) is 31.6 Å². The molecule has 1 heterocycles. The molecule has 5 nitrogen and oxygen atoms in total. The van der Waals surface area contributed by atoms with Gasteiger partial charge in [-0.25, -0.2) is 4.98 Å². The van der Waals surface area contributed by atoms with Gasteiger partial charge in [-0.05, 0) is 6.92 Å². The fourth-order valence-corrected chi connectivity index (χ4v) is 2.00. The molecule has 0 saturated heterocycles. The minimum Gasteiger partial charge on any atom is -0.465 e. The van der Waals surface area contributed by atoms with Crippen molar-refractivity contribution in [2.45, 2.75) is 13.5 Å². The summed E-state index contributed by atoms with van der Waals surface area (Å²) < 4.78 is 9.96. The molecule has 0 N–H and O–H groups in total. The van der Waals surface area contributed by atoms with Crippen molar-refractivity contribution in [2.75, 3.05) is 33.4 Å². The van der Waals surface area contributed by atoms with E-state index >= 15 is 0 Å². The van der Waals surface area contributed by atoms with Crippen LogP contribution in [0.15, 0.2) is 11.6 Å². The second-order valence-electron chi connectivity index (χ2n) is 3.43. The number of hydrogen-bond donors (Lipinski definition) is 0. The number of thiazole rings is 1. The van der Waals surface area contributed by atoms with E-state index in [1.165, 1.54) is 0 Å². The largest absolute Gasteiger partial charge is 0.465 e. The maximum Gasteiger partial charge on any atom is 0.320 e. The van der Waals surface area contributed by atoms with E-state index in [0.29, 0.717) is 26.3 Å². The number of aromatic nitrogens is 1. The molecule has 0 saturated carbocycles. The van der Waals surface area contributed by atoms with Gasteiger partial charge in [-0.15, -0.1) is 11.3 Å². The molecule has 0 aromatic carbocycles. The first-order valence-electron chi connectivity index (χ1n) is 5.51. The molecule has 96 valence electrons. The Kier molecular flexibility index (Phi) is 6.76. The molecular weight excluding hydrogens is 240 g/mol. The topological polar surface area (TPSA) is 51.7 Å². The molecule has 0 radical (unpaired) electrons. The van der Waals surface area contributed by atoms with Gasteiger partial charge >= 0.3 is 5.97 Å². The maximum absolute atomic E-state index is 11.4. The molecule has 0 aliphatic rings. The summed E-state index contributed by atoms with van der Waals surface area (Å²) in [6.07, 6.45) is 1.76. The number of nitrogens with zero attached hydrogens (tertiary/aromatic N) is 2. The van der Waals surface area contributed by atoms with E-state index < -0.39 is 0 Å². The van der Waals surface area contributed by atoms with Gasteiger partial charge in [0.1, 0.15) is 5.01 Å². The second kappa shape index (κ2) is 8.16. The Morgan fingerprint density at radius 2 is 2.41 bits per heavy atom. The molecule has 0 aliphatic heterocycles. The number of methoxy groups -OCH3 is 1. The lowest BCUT2D eigenvalue weighted by atomic mass is 10.4. The highest BCUT2D eigenvalue weighted by Gasteiger charge is 2.12. The maximum atomic E-state index is 11.4. The lowest BCUT2D eigenvalue weighted by Gasteiger charge is -2.19. The van der Waals surface area contributed by atoms with Gasteiger partial charge in [-0.2, -0.15) is 0 Å². The first-order valence-corrected chi connectivity index (χ1v) is 6.39. The van der Waals surface area contributed by atoms with Gasteiger partial charge in [0, 0.05) is 25.2 Å². The van der Waals surface area contributed by atoms with Crippen LogP contribution < -0.4 is 0 Å². The van der Waals surface area contributed by atoms with Crippen molar-refractivity contribution in [3.8, 4) is 0 Å². The Morgan fingerprint density at radius 1 is 1.59 bits per heavy atom. The summed E-state index contributed by atoms with van der Waals surface area (Å²) >= 11 is 1.58. The third kappa shape index (κ3) is 5.76. The Balaban J connectivity index is 2.44. The molecular formula is C11H18N2O3S. The quantitative estimate of drug-likeness (QED) is 0.655. The molecule has 0 aliphatic carbocycles. The molecule has 0 fully saturated rings. The van der Waals surface area contributed by atoms with Gasteiger partial charge in [0.25, 0.3) is 0 Å². The van der Waals surface area contributed by atoms with E-state index in [1.807, 2.05) is 10.3 Å². The van der Waals surface area contributed by atoms with Crippen LogP contribution in [0.3, 0.4) is 0 Å². The predicted octanol–water partition coefficient (Wildman–Crippen LogP) is 1.15. The Bertz CT molecular complexity index is 317. The Morgan fingerprint density at radius 3 is 3.00 bits per heavy atom. The van der Waals surface area contributed by atoms with E-state index in [2.05, 4.69) is 4.98 Å². The molecule has 0 spiro atoms. The van der Waals surface area contributed by atoms with E-state index in [0.717, 1.165) is 5.01 Å². The predicted molar refractivity (Wildman–Crippen MR) is 65.9 cm³/mol. The molecule has 0 bridgehead atoms. The number of rotatable bonds is 8. The summed E-state index contributed by atoms with van der Waals surface area (Å²) in [7, 11) is 1.64. The van der Waals surface area contributed by atoms with Crippen LogP contribution in [0.5, 0.6) is 0 Å². The highest BCUT2D eigenvalue weighted by Crippen LogP contribution is 2.08. The first-order chi connectivity index (χ1) is 8.26. The second-order valence-corrected chi connectivity index (χ2v) is 4.41. The van der Waals surface area contributed by atoms with Crippen molar-refractivity contribution in [3.63, 3.8) is 0 Å². The number of carbonyl (C=O) groups is 1. The summed E-state index contributed by atoms with van der Waals surface area (Å²) in [5, 5.41) is 2.92. The van der Waals surface area contributed by atoms with Crippen LogP contribution in [0, 0.1) is 0 Å². The smallest absolute Gasteiger partial charge is 0.320 e. The van der Waals surface area contributed by atoms with Crippen LogP contribution in [0.1, 0.15) is 11.9 Å². The highest BCUT2D eigenvalue weighted by molar-refractivity contribution is 7.09. The van der Waals surface area contributed by atoms with Gasteiger partial charge < -0.3 is 9.47 Å². The monoisotopic (exact) mass is 258 g/mol. The zero-order valence-corrected chi connectivity index (χ0v) is 11.0. The fraction of sp³-hybridized carbons (Fsp3) is 0.636. The molecule has 1 rings (SSSR count). The van der Waals surface area contributed by atoms with Crippen LogP contribution in [-0.4, -0.2) is 49.3 Å². The van der Waals surface area contributed by atoms with Crippen molar-refractivity contribution >= 4 is 17.3 Å². The van der Waals surface area contributed by atoms with Gasteiger partial charge in [0.15, 0.2) is 0 Å². The van der Waals surface area contributed by atoms with Crippen molar-refractivity contribution < 1.29 is 14.3 Å². The molecule has 1 aromatic rings. The van der Waals surface area contributed by atoms with Gasteiger partial charge in [-0.3, -0.25) is 9.69 Å². The van der Waals surface area contributed by atoms with Crippen LogP contribution in [0.25, 0.3) is 0 Å².